The Hall–Kier alpha value is 0.0900. The Labute approximate surface area is 74.4 Å². The summed E-state index contributed by atoms with van der Waals surface area (Å²) >= 11 is 10.6. The number of aliphatic hydroxyl groups excluding tert-OH is 1. The van der Waals surface area contributed by atoms with E-state index in [9.17, 15) is 0 Å². The van der Waals surface area contributed by atoms with Crippen LogP contribution in [-0.2, 0) is 0 Å². The van der Waals surface area contributed by atoms with E-state index in [4.69, 9.17) is 23.1 Å². The summed E-state index contributed by atoms with van der Waals surface area (Å²) in [5.74, 6) is 0.564. The predicted octanol–water partition coefficient (Wildman–Crippen LogP) is -0.170. The Morgan fingerprint density at radius 3 is 2.60 bits per heavy atom. The van der Waals surface area contributed by atoms with Gasteiger partial charge in [-0.25, -0.2) is 0 Å². The maximum Gasteiger partial charge on any atom is 0.169 e. The molecule has 0 spiro atoms. The van der Waals surface area contributed by atoms with E-state index in [2.05, 4.69) is 17.5 Å². The molecule has 0 amide bonds. The van der Waals surface area contributed by atoms with Crippen molar-refractivity contribution in [2.75, 3.05) is 12.4 Å². The minimum absolute atomic E-state index is 0.101. The normalized spacial score (nSPS) is 8.90. The molecule has 0 aromatic carbocycles. The van der Waals surface area contributed by atoms with E-state index in [1.165, 1.54) is 11.8 Å². The van der Waals surface area contributed by atoms with Crippen LogP contribution in [0, 0.1) is 0 Å². The van der Waals surface area contributed by atoms with Gasteiger partial charge in [-0.05, 0) is 12.2 Å². The first-order valence-electron chi connectivity index (χ1n) is 2.51. The summed E-state index contributed by atoms with van der Waals surface area (Å²) in [7, 11) is 0. The molecular weight excluding hydrogens is 188 g/mol. The molecule has 3 nitrogen and oxygen atoms in total. The molecule has 0 aromatic heterocycles. The monoisotopic (exact) mass is 196 g/mol. The zero-order chi connectivity index (χ0) is 7.98. The zero-order valence-electron chi connectivity index (χ0n) is 5.16. The van der Waals surface area contributed by atoms with Crippen LogP contribution in [0.4, 0.5) is 0 Å². The van der Waals surface area contributed by atoms with Crippen LogP contribution in [0.25, 0.3) is 0 Å². The lowest BCUT2D eigenvalue weighted by atomic mass is 10.9. The van der Waals surface area contributed by atoms with Gasteiger partial charge in [0, 0.05) is 5.75 Å². The second-order valence-corrected chi connectivity index (χ2v) is 3.56. The molecule has 0 unspecified atom stereocenters. The molecule has 6 heteroatoms. The van der Waals surface area contributed by atoms with Crippen molar-refractivity contribution in [2.24, 2.45) is 5.73 Å². The summed E-state index contributed by atoms with van der Waals surface area (Å²) in [6.07, 6.45) is 0. The molecule has 0 saturated carbocycles. The number of rotatable bonds is 2. The summed E-state index contributed by atoms with van der Waals surface area (Å²) in [5.41, 5.74) is 5.12. The largest absolute Gasteiger partial charge is 0.396 e. The molecule has 0 rings (SSSR count). The molecule has 0 aromatic rings. The second kappa shape index (κ2) is 5.84. The highest BCUT2D eigenvalue weighted by atomic mass is 32.2. The molecule has 10 heavy (non-hydrogen) atoms. The van der Waals surface area contributed by atoms with E-state index in [1.807, 2.05) is 0 Å². The molecule has 0 bridgehead atoms. The predicted molar refractivity (Wildman–Crippen MR) is 52.1 cm³/mol. The smallest absolute Gasteiger partial charge is 0.169 e. The Morgan fingerprint density at radius 1 is 1.60 bits per heavy atom. The summed E-state index contributed by atoms with van der Waals surface area (Å²) in [4.78, 5) is 0. The molecule has 4 N–H and O–H groups in total. The van der Waals surface area contributed by atoms with Gasteiger partial charge in [-0.2, -0.15) is 0 Å². The van der Waals surface area contributed by atoms with Gasteiger partial charge >= 0.3 is 0 Å². The summed E-state index contributed by atoms with van der Waals surface area (Å²) < 4.78 is 0.501. The van der Waals surface area contributed by atoms with Gasteiger partial charge in [0.05, 0.1) is 6.61 Å². The number of hydrogen-bond acceptors (Lipinski definition) is 4. The highest BCUT2D eigenvalue weighted by Gasteiger charge is 1.95. The number of hydrogen-bond donors (Lipinski definition) is 3. The SMILES string of the molecule is NC(=S)NC(=S)SCCO. The Balaban J connectivity index is 3.35. The summed E-state index contributed by atoms with van der Waals surface area (Å²) in [6, 6.07) is 0. The van der Waals surface area contributed by atoms with Crippen LogP contribution < -0.4 is 11.1 Å². The minimum Gasteiger partial charge on any atom is -0.396 e. The van der Waals surface area contributed by atoms with Crippen LogP contribution in [0.5, 0.6) is 0 Å². The van der Waals surface area contributed by atoms with Gasteiger partial charge in [-0.1, -0.05) is 24.0 Å². The highest BCUT2D eigenvalue weighted by Crippen LogP contribution is 1.99. The molecule has 0 atom stereocenters. The van der Waals surface area contributed by atoms with Crippen LogP contribution in [0.3, 0.4) is 0 Å². The van der Waals surface area contributed by atoms with E-state index >= 15 is 0 Å². The van der Waals surface area contributed by atoms with Crippen molar-refractivity contribution in [1.29, 1.82) is 0 Å². The fourth-order valence-corrected chi connectivity index (χ4v) is 1.33. The van der Waals surface area contributed by atoms with E-state index in [-0.39, 0.29) is 11.7 Å². The molecule has 0 aliphatic rings. The van der Waals surface area contributed by atoms with Crippen molar-refractivity contribution in [1.82, 2.24) is 5.32 Å². The lowest BCUT2D eigenvalue weighted by molar-refractivity contribution is 0.323. The molecule has 0 aliphatic heterocycles. The average Bonchev–Trinajstić information content (AvgIpc) is 1.82. The molecule has 0 heterocycles. The van der Waals surface area contributed by atoms with Crippen molar-refractivity contribution < 1.29 is 5.11 Å². The molecule has 0 aliphatic carbocycles. The number of nitrogens with one attached hydrogen (secondary N) is 1. The molecular formula is C4H8N2OS3. The summed E-state index contributed by atoms with van der Waals surface area (Å²) in [6.45, 7) is 0.101. The van der Waals surface area contributed by atoms with Crippen molar-refractivity contribution >= 4 is 45.6 Å². The quantitative estimate of drug-likeness (QED) is 0.533. The fraction of sp³-hybridized carbons (Fsp3) is 0.500. The Bertz CT molecular complexity index is 138. The third-order valence-electron chi connectivity index (χ3n) is 0.550. The van der Waals surface area contributed by atoms with Gasteiger partial charge in [0.15, 0.2) is 5.11 Å². The third kappa shape index (κ3) is 6.21. The standard InChI is InChI=1S/C4H8N2OS3/c5-3(8)6-4(9)10-2-1-7/h7H,1-2H2,(H3,5,6,8,9). The van der Waals surface area contributed by atoms with Crippen LogP contribution in [0.2, 0.25) is 0 Å². The van der Waals surface area contributed by atoms with Gasteiger partial charge in [0.2, 0.25) is 0 Å². The molecule has 0 radical (unpaired) electrons. The zero-order valence-corrected chi connectivity index (χ0v) is 7.61. The first-order chi connectivity index (χ1) is 4.66. The average molecular weight is 196 g/mol. The molecule has 0 saturated heterocycles. The first-order valence-corrected chi connectivity index (χ1v) is 4.31. The maximum atomic E-state index is 8.38. The maximum absolute atomic E-state index is 8.38. The van der Waals surface area contributed by atoms with Crippen molar-refractivity contribution in [2.45, 2.75) is 0 Å². The van der Waals surface area contributed by atoms with Crippen molar-refractivity contribution in [3.63, 3.8) is 0 Å². The third-order valence-corrected chi connectivity index (χ3v) is 1.86. The highest BCUT2D eigenvalue weighted by molar-refractivity contribution is 8.23. The van der Waals surface area contributed by atoms with E-state index in [0.29, 0.717) is 10.1 Å². The molecule has 0 fully saturated rings. The van der Waals surface area contributed by atoms with Gasteiger partial charge in [0.25, 0.3) is 0 Å². The van der Waals surface area contributed by atoms with Crippen LogP contribution in [0.15, 0.2) is 0 Å². The number of aliphatic hydroxyl groups is 1. The number of nitrogens with two attached hydrogens (primary N) is 1. The lowest BCUT2D eigenvalue weighted by Crippen LogP contribution is -2.32. The van der Waals surface area contributed by atoms with Crippen molar-refractivity contribution in [3.8, 4) is 0 Å². The van der Waals surface area contributed by atoms with E-state index in [1.54, 1.807) is 0 Å². The van der Waals surface area contributed by atoms with Gasteiger partial charge in [-0.15, -0.1) is 0 Å². The van der Waals surface area contributed by atoms with Crippen molar-refractivity contribution in [3.05, 3.63) is 0 Å². The summed E-state index contributed by atoms with van der Waals surface area (Å²) in [5, 5.41) is 11.1. The minimum atomic E-state index is 0.101. The Morgan fingerprint density at radius 2 is 2.20 bits per heavy atom. The van der Waals surface area contributed by atoms with Gasteiger partial charge < -0.3 is 16.2 Å². The lowest BCUT2D eigenvalue weighted by Gasteiger charge is -2.02. The van der Waals surface area contributed by atoms with E-state index < -0.39 is 0 Å². The first kappa shape index (κ1) is 10.1. The molecule has 58 valence electrons. The van der Waals surface area contributed by atoms with Crippen LogP contribution in [0.1, 0.15) is 0 Å². The fourth-order valence-electron chi connectivity index (χ4n) is 0.275. The van der Waals surface area contributed by atoms with E-state index in [0.717, 1.165) is 0 Å². The Kier molecular flexibility index (Phi) is 5.90. The van der Waals surface area contributed by atoms with Gasteiger partial charge in [-0.3, -0.25) is 0 Å². The van der Waals surface area contributed by atoms with Crippen LogP contribution >= 0.6 is 36.2 Å². The number of thioether (sulfide) groups is 1. The topological polar surface area (TPSA) is 58.3 Å². The van der Waals surface area contributed by atoms with Gasteiger partial charge in [0.1, 0.15) is 4.32 Å². The van der Waals surface area contributed by atoms with Crippen LogP contribution in [-0.4, -0.2) is 26.9 Å². The number of thiocarbonyl (C=S) groups is 2. The second-order valence-electron chi connectivity index (χ2n) is 1.35.